The first-order valence-electron chi connectivity index (χ1n) is 9.08. The molecule has 130 valence electrons. The quantitative estimate of drug-likeness (QED) is 0.896. The number of nitrogens with one attached hydrogen (secondary N) is 2. The Labute approximate surface area is 143 Å². The third-order valence-corrected chi connectivity index (χ3v) is 5.12. The number of anilines is 1. The van der Waals surface area contributed by atoms with Gasteiger partial charge in [0.2, 0.25) is 5.91 Å². The van der Waals surface area contributed by atoms with Gasteiger partial charge in [0, 0.05) is 42.8 Å². The van der Waals surface area contributed by atoms with Crippen LogP contribution in [0.5, 0.6) is 0 Å². The predicted molar refractivity (Wildman–Crippen MR) is 95.0 cm³/mol. The van der Waals surface area contributed by atoms with E-state index in [1.165, 1.54) is 6.42 Å². The number of rotatable bonds is 3. The molecule has 24 heavy (non-hydrogen) atoms. The minimum absolute atomic E-state index is 0.0396. The third kappa shape index (κ3) is 3.96. The van der Waals surface area contributed by atoms with Gasteiger partial charge in [0.05, 0.1) is 0 Å². The maximum absolute atomic E-state index is 12.7. The highest BCUT2D eigenvalue weighted by atomic mass is 16.2. The van der Waals surface area contributed by atoms with Crippen LogP contribution < -0.4 is 10.6 Å². The lowest BCUT2D eigenvalue weighted by molar-refractivity contribution is -0.120. The van der Waals surface area contributed by atoms with Crippen LogP contribution in [-0.2, 0) is 4.79 Å². The second kappa shape index (κ2) is 7.79. The lowest BCUT2D eigenvalue weighted by Crippen LogP contribution is -2.52. The molecular weight excluding hydrogens is 302 g/mol. The van der Waals surface area contributed by atoms with Crippen LogP contribution in [-0.4, -0.2) is 42.4 Å². The van der Waals surface area contributed by atoms with Crippen molar-refractivity contribution in [1.29, 1.82) is 0 Å². The average Bonchev–Trinajstić information content (AvgIpc) is 2.62. The van der Waals surface area contributed by atoms with E-state index in [4.69, 9.17) is 0 Å². The summed E-state index contributed by atoms with van der Waals surface area (Å²) in [6.07, 6.45) is 5.46. The molecule has 1 heterocycles. The number of benzene rings is 1. The first-order chi connectivity index (χ1) is 11.6. The number of carbonyl (C=O) groups excluding carboxylic acids is 2. The molecule has 1 aromatic rings. The Hall–Kier alpha value is -1.88. The number of hydrogen-bond donors (Lipinski definition) is 2. The molecule has 0 radical (unpaired) electrons. The Balaban J connectivity index is 1.67. The molecule has 5 nitrogen and oxygen atoms in total. The van der Waals surface area contributed by atoms with E-state index < -0.39 is 0 Å². The fourth-order valence-electron chi connectivity index (χ4n) is 3.65. The van der Waals surface area contributed by atoms with E-state index in [9.17, 15) is 9.59 Å². The molecule has 2 amide bonds. The maximum atomic E-state index is 12.7. The third-order valence-electron chi connectivity index (χ3n) is 5.12. The molecule has 1 aliphatic heterocycles. The molecule has 1 saturated carbocycles. The van der Waals surface area contributed by atoms with Crippen LogP contribution in [0.1, 0.15) is 49.4 Å². The zero-order chi connectivity index (χ0) is 16.9. The molecule has 5 heteroatoms. The van der Waals surface area contributed by atoms with Crippen LogP contribution in [0.3, 0.4) is 0 Å². The highest BCUT2D eigenvalue weighted by Gasteiger charge is 2.25. The van der Waals surface area contributed by atoms with Crippen LogP contribution in [0.4, 0.5) is 5.69 Å². The molecule has 0 bridgehead atoms. The molecular formula is C19H27N3O2. The summed E-state index contributed by atoms with van der Waals surface area (Å²) >= 11 is 0. The van der Waals surface area contributed by atoms with E-state index >= 15 is 0 Å². The first kappa shape index (κ1) is 17.0. The lowest BCUT2D eigenvalue weighted by atomic mass is 9.88. The monoisotopic (exact) mass is 329 g/mol. The van der Waals surface area contributed by atoms with E-state index in [0.717, 1.165) is 51.0 Å². The SMILES string of the molecule is C[C@H]1CNCCN1C(=O)c1cccc(NC(=O)C2CCCCC2)c1. The van der Waals surface area contributed by atoms with Gasteiger partial charge in [0.1, 0.15) is 0 Å². The van der Waals surface area contributed by atoms with Gasteiger partial charge in [0.15, 0.2) is 0 Å². The van der Waals surface area contributed by atoms with Gasteiger partial charge in [0.25, 0.3) is 5.91 Å². The topological polar surface area (TPSA) is 61.4 Å². The fraction of sp³-hybridized carbons (Fsp3) is 0.579. The van der Waals surface area contributed by atoms with E-state index in [2.05, 4.69) is 17.6 Å². The normalized spacial score (nSPS) is 22.2. The van der Waals surface area contributed by atoms with Gasteiger partial charge in [-0.25, -0.2) is 0 Å². The smallest absolute Gasteiger partial charge is 0.254 e. The number of nitrogens with zero attached hydrogens (tertiary/aromatic N) is 1. The van der Waals surface area contributed by atoms with Crippen molar-refractivity contribution in [2.45, 2.75) is 45.1 Å². The van der Waals surface area contributed by atoms with E-state index in [-0.39, 0.29) is 23.8 Å². The molecule has 1 aromatic carbocycles. The molecule has 1 aliphatic carbocycles. The standard InChI is InChI=1S/C19H27N3O2/c1-14-13-20-10-11-22(14)19(24)16-8-5-9-17(12-16)21-18(23)15-6-3-2-4-7-15/h5,8-9,12,14-15,20H,2-4,6-7,10-11,13H2,1H3,(H,21,23)/t14-/m0/s1. The minimum atomic E-state index is 0.0396. The second-order valence-corrected chi connectivity index (χ2v) is 6.96. The van der Waals surface area contributed by atoms with Gasteiger partial charge >= 0.3 is 0 Å². The highest BCUT2D eigenvalue weighted by molar-refractivity contribution is 5.97. The zero-order valence-electron chi connectivity index (χ0n) is 14.4. The molecule has 0 unspecified atom stereocenters. The second-order valence-electron chi connectivity index (χ2n) is 6.96. The Morgan fingerprint density at radius 1 is 1.21 bits per heavy atom. The first-order valence-corrected chi connectivity index (χ1v) is 9.08. The van der Waals surface area contributed by atoms with Crippen molar-refractivity contribution in [2.24, 2.45) is 5.92 Å². The summed E-state index contributed by atoms with van der Waals surface area (Å²) in [5, 5.41) is 6.29. The number of piperazine rings is 1. The largest absolute Gasteiger partial charge is 0.333 e. The van der Waals surface area contributed by atoms with Crippen molar-refractivity contribution in [2.75, 3.05) is 25.0 Å². The van der Waals surface area contributed by atoms with E-state index in [1.807, 2.05) is 23.1 Å². The summed E-state index contributed by atoms with van der Waals surface area (Å²) in [5.41, 5.74) is 1.37. The fourth-order valence-corrected chi connectivity index (χ4v) is 3.65. The van der Waals surface area contributed by atoms with Crippen LogP contribution in [0, 0.1) is 5.92 Å². The Kier molecular flexibility index (Phi) is 5.51. The predicted octanol–water partition coefficient (Wildman–Crippen LogP) is 2.64. The summed E-state index contributed by atoms with van der Waals surface area (Å²) in [5.74, 6) is 0.249. The Morgan fingerprint density at radius 2 is 2.00 bits per heavy atom. The zero-order valence-corrected chi connectivity index (χ0v) is 14.4. The summed E-state index contributed by atoms with van der Waals surface area (Å²) < 4.78 is 0. The summed E-state index contributed by atoms with van der Waals surface area (Å²) in [6, 6.07) is 7.52. The molecule has 1 saturated heterocycles. The van der Waals surface area contributed by atoms with E-state index in [1.54, 1.807) is 6.07 Å². The molecule has 2 N–H and O–H groups in total. The number of amides is 2. The van der Waals surface area contributed by atoms with Crippen molar-refractivity contribution in [3.05, 3.63) is 29.8 Å². The number of hydrogen-bond acceptors (Lipinski definition) is 3. The summed E-state index contributed by atoms with van der Waals surface area (Å²) in [6.45, 7) is 4.43. The van der Waals surface area contributed by atoms with Crippen LogP contribution in [0.15, 0.2) is 24.3 Å². The average molecular weight is 329 g/mol. The lowest BCUT2D eigenvalue weighted by Gasteiger charge is -2.34. The van der Waals surface area contributed by atoms with E-state index in [0.29, 0.717) is 5.56 Å². The van der Waals surface area contributed by atoms with Crippen molar-refractivity contribution >= 4 is 17.5 Å². The van der Waals surface area contributed by atoms with Crippen molar-refractivity contribution < 1.29 is 9.59 Å². The molecule has 2 aliphatic rings. The molecule has 2 fully saturated rings. The number of carbonyl (C=O) groups is 2. The van der Waals surface area contributed by atoms with Crippen molar-refractivity contribution in [3.63, 3.8) is 0 Å². The van der Waals surface area contributed by atoms with Crippen LogP contribution in [0.2, 0.25) is 0 Å². The highest BCUT2D eigenvalue weighted by Crippen LogP contribution is 2.25. The van der Waals surface area contributed by atoms with Gasteiger partial charge in [-0.2, -0.15) is 0 Å². The molecule has 3 rings (SSSR count). The molecule has 0 aromatic heterocycles. The van der Waals surface area contributed by atoms with Gasteiger partial charge < -0.3 is 15.5 Å². The maximum Gasteiger partial charge on any atom is 0.254 e. The molecule has 0 spiro atoms. The van der Waals surface area contributed by atoms with Gasteiger partial charge in [-0.15, -0.1) is 0 Å². The van der Waals surface area contributed by atoms with Gasteiger partial charge in [-0.1, -0.05) is 25.3 Å². The van der Waals surface area contributed by atoms with Crippen LogP contribution in [0.25, 0.3) is 0 Å². The summed E-state index contributed by atoms with van der Waals surface area (Å²) in [4.78, 5) is 27.0. The van der Waals surface area contributed by atoms with Crippen LogP contribution >= 0.6 is 0 Å². The van der Waals surface area contributed by atoms with Gasteiger partial charge in [-0.05, 0) is 38.0 Å². The summed E-state index contributed by atoms with van der Waals surface area (Å²) in [7, 11) is 0. The van der Waals surface area contributed by atoms with Crippen molar-refractivity contribution in [1.82, 2.24) is 10.2 Å². The minimum Gasteiger partial charge on any atom is -0.333 e. The Bertz CT molecular complexity index is 596. The Morgan fingerprint density at radius 3 is 2.75 bits per heavy atom. The van der Waals surface area contributed by atoms with Crippen molar-refractivity contribution in [3.8, 4) is 0 Å². The van der Waals surface area contributed by atoms with Gasteiger partial charge in [-0.3, -0.25) is 9.59 Å². The molecule has 1 atom stereocenters.